The molecule has 1 heterocycles. The van der Waals surface area contributed by atoms with Gasteiger partial charge in [0.05, 0.1) is 25.2 Å². The summed E-state index contributed by atoms with van der Waals surface area (Å²) >= 11 is 1.06. The van der Waals surface area contributed by atoms with Crippen LogP contribution in [-0.4, -0.2) is 60.3 Å². The number of thioether (sulfide) groups is 1. The molecule has 1 aromatic carbocycles. The number of H-pyrrole nitrogens is 1. The van der Waals surface area contributed by atoms with E-state index in [1.807, 2.05) is 30.3 Å². The van der Waals surface area contributed by atoms with Crippen LogP contribution in [0.3, 0.4) is 0 Å². The highest BCUT2D eigenvalue weighted by Crippen LogP contribution is 2.19. The van der Waals surface area contributed by atoms with Gasteiger partial charge in [0.25, 0.3) is 5.56 Å². The van der Waals surface area contributed by atoms with Crippen LogP contribution in [0.15, 0.2) is 39.9 Å². The lowest BCUT2D eigenvalue weighted by atomic mass is 10.2. The number of anilines is 2. The first kappa shape index (κ1) is 24.2. The van der Waals surface area contributed by atoms with E-state index in [0.29, 0.717) is 13.0 Å². The predicted octanol–water partition coefficient (Wildman–Crippen LogP) is 0.443. The first-order valence-electron chi connectivity index (χ1n) is 9.49. The van der Waals surface area contributed by atoms with Gasteiger partial charge in [-0.1, -0.05) is 30.3 Å². The lowest BCUT2D eigenvalue weighted by Gasteiger charge is -2.24. The van der Waals surface area contributed by atoms with Gasteiger partial charge in [-0.05, 0) is 12.0 Å². The summed E-state index contributed by atoms with van der Waals surface area (Å²) in [6.07, 6.45) is 0.445. The Labute approximate surface area is 183 Å². The van der Waals surface area contributed by atoms with Crippen LogP contribution in [0, 0.1) is 0 Å². The van der Waals surface area contributed by atoms with Crippen molar-refractivity contribution in [3.05, 3.63) is 56.7 Å². The Hall–Kier alpha value is -3.05. The van der Waals surface area contributed by atoms with Crippen molar-refractivity contribution >= 4 is 35.1 Å². The average molecular weight is 451 g/mol. The molecule has 0 unspecified atom stereocenters. The van der Waals surface area contributed by atoms with Crippen molar-refractivity contribution < 1.29 is 19.1 Å². The summed E-state index contributed by atoms with van der Waals surface area (Å²) in [6, 6.07) is 9.13. The molecule has 0 atom stereocenters. The van der Waals surface area contributed by atoms with E-state index in [1.54, 1.807) is 0 Å². The largest absolute Gasteiger partial charge is 0.468 e. The molecule has 0 fully saturated rings. The molecular formula is C20H26N4O6S. The van der Waals surface area contributed by atoms with Crippen LogP contribution in [0.25, 0.3) is 0 Å². The molecule has 1 aromatic heterocycles. The van der Waals surface area contributed by atoms with Crippen molar-refractivity contribution in [3.8, 4) is 0 Å². The zero-order chi connectivity index (χ0) is 22.8. The third-order valence-electron chi connectivity index (χ3n) is 4.37. The van der Waals surface area contributed by atoms with E-state index in [0.717, 1.165) is 17.3 Å². The fourth-order valence-corrected chi connectivity index (χ4v) is 3.56. The summed E-state index contributed by atoms with van der Waals surface area (Å²) in [5.74, 6) is -1.07. The zero-order valence-corrected chi connectivity index (χ0v) is 18.3. The number of nitrogens with zero attached hydrogens (tertiary/aromatic N) is 2. The summed E-state index contributed by atoms with van der Waals surface area (Å²) in [6.45, 7) is 0.648. The molecule has 0 saturated carbocycles. The van der Waals surface area contributed by atoms with Crippen LogP contribution < -0.4 is 21.9 Å². The summed E-state index contributed by atoms with van der Waals surface area (Å²) in [7, 11) is 2.79. The zero-order valence-electron chi connectivity index (χ0n) is 17.5. The lowest BCUT2D eigenvalue weighted by molar-refractivity contribution is -0.137. The Kier molecular flexibility index (Phi) is 9.35. The number of rotatable bonds is 11. The first-order chi connectivity index (χ1) is 14.9. The second kappa shape index (κ2) is 12.0. The van der Waals surface area contributed by atoms with Crippen molar-refractivity contribution in [2.24, 2.45) is 0 Å². The first-order valence-corrected chi connectivity index (χ1v) is 10.6. The molecule has 0 radical (unpaired) electrons. The van der Waals surface area contributed by atoms with Crippen LogP contribution in [0.5, 0.6) is 0 Å². The molecule has 168 valence electrons. The van der Waals surface area contributed by atoms with Crippen molar-refractivity contribution in [1.82, 2.24) is 9.55 Å². The number of ether oxygens (including phenoxy) is 2. The summed E-state index contributed by atoms with van der Waals surface area (Å²) in [5, 5.41) is 0. The minimum absolute atomic E-state index is 0.00645. The highest BCUT2D eigenvalue weighted by atomic mass is 32.2. The lowest BCUT2D eigenvalue weighted by Crippen LogP contribution is -2.42. The molecule has 0 spiro atoms. The summed E-state index contributed by atoms with van der Waals surface area (Å²) in [5.41, 5.74) is 5.49. The number of benzene rings is 1. The van der Waals surface area contributed by atoms with Crippen molar-refractivity contribution in [1.29, 1.82) is 0 Å². The van der Waals surface area contributed by atoms with Crippen LogP contribution in [-0.2, 0) is 25.6 Å². The van der Waals surface area contributed by atoms with Crippen LogP contribution in [0.4, 0.5) is 11.5 Å². The quantitative estimate of drug-likeness (QED) is 0.372. The number of hydrogen-bond acceptors (Lipinski definition) is 8. The number of methoxy groups -OCH3 is 2. The molecule has 31 heavy (non-hydrogen) atoms. The van der Waals surface area contributed by atoms with Gasteiger partial charge in [-0.15, -0.1) is 11.8 Å². The van der Waals surface area contributed by atoms with E-state index in [-0.39, 0.29) is 36.1 Å². The maximum atomic E-state index is 12.9. The van der Waals surface area contributed by atoms with E-state index in [2.05, 4.69) is 9.72 Å². The monoisotopic (exact) mass is 450 g/mol. The fraction of sp³-hybridized carbons (Fsp3) is 0.400. The number of hydrogen-bond donors (Lipinski definition) is 2. The standard InChI is InChI=1S/C20H26N4O6S/c1-29-10-6-9-23(15(25)12-31-13-16(26)30-2)17-18(21)24(20(28)22-19(17)27)11-14-7-4-3-5-8-14/h3-5,7-8H,6,9-13,21H2,1-2H3,(H,22,27,28). The van der Waals surface area contributed by atoms with E-state index in [4.69, 9.17) is 10.5 Å². The highest BCUT2D eigenvalue weighted by Gasteiger charge is 2.24. The third-order valence-corrected chi connectivity index (χ3v) is 5.26. The van der Waals surface area contributed by atoms with E-state index < -0.39 is 23.1 Å². The van der Waals surface area contributed by atoms with E-state index >= 15 is 0 Å². The molecule has 0 bridgehead atoms. The van der Waals surface area contributed by atoms with Gasteiger partial charge in [0, 0.05) is 20.3 Å². The Morgan fingerprint density at radius 3 is 2.52 bits per heavy atom. The summed E-state index contributed by atoms with van der Waals surface area (Å²) in [4.78, 5) is 52.7. The molecule has 2 rings (SSSR count). The number of esters is 1. The van der Waals surface area contributed by atoms with Crippen molar-refractivity contribution in [2.45, 2.75) is 13.0 Å². The number of amides is 1. The number of nitrogen functional groups attached to an aromatic ring is 1. The second-order valence-corrected chi connectivity index (χ2v) is 7.51. The van der Waals surface area contributed by atoms with E-state index in [1.165, 1.54) is 23.7 Å². The number of aromatic nitrogens is 2. The summed E-state index contributed by atoms with van der Waals surface area (Å²) < 4.78 is 10.8. The smallest absolute Gasteiger partial charge is 0.330 e. The number of carbonyl (C=O) groups is 2. The molecule has 1 amide bonds. The molecule has 0 aliphatic carbocycles. The van der Waals surface area contributed by atoms with Gasteiger partial charge in [0.2, 0.25) is 5.91 Å². The Balaban J connectivity index is 2.38. The Bertz CT molecular complexity index is 1000. The minimum atomic E-state index is -0.754. The average Bonchev–Trinajstić information content (AvgIpc) is 2.76. The third kappa shape index (κ3) is 6.72. The minimum Gasteiger partial charge on any atom is -0.468 e. The second-order valence-electron chi connectivity index (χ2n) is 6.53. The number of nitrogens with two attached hydrogens (primary N) is 1. The molecule has 0 aliphatic heterocycles. The number of aromatic amines is 1. The maximum Gasteiger partial charge on any atom is 0.330 e. The normalized spacial score (nSPS) is 10.6. The van der Waals surface area contributed by atoms with Gasteiger partial charge in [-0.2, -0.15) is 0 Å². The molecule has 10 nitrogen and oxygen atoms in total. The van der Waals surface area contributed by atoms with E-state index in [9.17, 15) is 19.2 Å². The van der Waals surface area contributed by atoms with Crippen molar-refractivity contribution in [3.63, 3.8) is 0 Å². The van der Waals surface area contributed by atoms with Crippen molar-refractivity contribution in [2.75, 3.05) is 49.5 Å². The Morgan fingerprint density at radius 1 is 1.16 bits per heavy atom. The van der Waals surface area contributed by atoms with Gasteiger partial charge < -0.3 is 20.1 Å². The number of nitrogens with one attached hydrogen (secondary N) is 1. The van der Waals surface area contributed by atoms with Crippen LogP contribution in [0.2, 0.25) is 0 Å². The fourth-order valence-electron chi connectivity index (χ4n) is 2.85. The van der Waals surface area contributed by atoms with Crippen LogP contribution >= 0.6 is 11.8 Å². The molecule has 0 aliphatic rings. The number of carbonyl (C=O) groups excluding carboxylic acids is 2. The van der Waals surface area contributed by atoms with Gasteiger partial charge in [-0.25, -0.2) is 4.79 Å². The Morgan fingerprint density at radius 2 is 1.87 bits per heavy atom. The van der Waals surface area contributed by atoms with Gasteiger partial charge in [0.1, 0.15) is 5.82 Å². The highest BCUT2D eigenvalue weighted by molar-refractivity contribution is 8.00. The van der Waals surface area contributed by atoms with Gasteiger partial charge in [0.15, 0.2) is 5.69 Å². The molecule has 0 saturated heterocycles. The van der Waals surface area contributed by atoms with Gasteiger partial charge in [-0.3, -0.25) is 23.9 Å². The molecular weight excluding hydrogens is 424 g/mol. The van der Waals surface area contributed by atoms with Crippen LogP contribution in [0.1, 0.15) is 12.0 Å². The predicted molar refractivity (Wildman–Crippen MR) is 119 cm³/mol. The maximum absolute atomic E-state index is 12.9. The SMILES string of the molecule is COCCCN(C(=O)CSCC(=O)OC)c1c(N)n(Cc2ccccc2)c(=O)[nH]c1=O. The molecule has 11 heteroatoms. The molecule has 2 aromatic rings. The topological polar surface area (TPSA) is 137 Å². The van der Waals surface area contributed by atoms with Gasteiger partial charge >= 0.3 is 11.7 Å². The molecule has 3 N–H and O–H groups in total.